The maximum Gasteiger partial charge on any atom is 0.0834 e. The quantitative estimate of drug-likeness (QED) is 0.400. The van der Waals surface area contributed by atoms with Gasteiger partial charge >= 0.3 is 0 Å². The molecular formula is C6H15NO3. The Bertz CT molecular complexity index is 87.1. The van der Waals surface area contributed by atoms with Crippen LogP contribution in [0, 0.1) is 5.92 Å². The average molecular weight is 149 g/mol. The second kappa shape index (κ2) is 4.62. The first kappa shape index (κ1) is 9.84. The SMILES string of the molecule is CC(O)C(O)C(C)CNO. The van der Waals surface area contributed by atoms with Crippen molar-refractivity contribution < 1.29 is 15.4 Å². The highest BCUT2D eigenvalue weighted by Gasteiger charge is 2.18. The minimum Gasteiger partial charge on any atom is -0.391 e. The lowest BCUT2D eigenvalue weighted by Gasteiger charge is -2.19. The molecule has 0 aliphatic heterocycles. The van der Waals surface area contributed by atoms with Gasteiger partial charge in [-0.2, -0.15) is 0 Å². The molecule has 0 heterocycles. The maximum atomic E-state index is 9.12. The molecule has 0 aromatic heterocycles. The van der Waals surface area contributed by atoms with Gasteiger partial charge in [-0.05, 0) is 12.8 Å². The molecule has 3 unspecified atom stereocenters. The minimum atomic E-state index is -0.778. The number of hydrogen-bond acceptors (Lipinski definition) is 4. The van der Waals surface area contributed by atoms with Crippen molar-refractivity contribution >= 4 is 0 Å². The van der Waals surface area contributed by atoms with Gasteiger partial charge in [0.05, 0.1) is 12.2 Å². The van der Waals surface area contributed by atoms with Crippen molar-refractivity contribution in [3.63, 3.8) is 0 Å². The standard InChI is InChI=1S/C6H15NO3/c1-4(3-7-10)6(9)5(2)8/h4-10H,3H2,1-2H3. The van der Waals surface area contributed by atoms with Crippen molar-refractivity contribution in [1.82, 2.24) is 5.48 Å². The molecule has 0 aliphatic carbocycles. The van der Waals surface area contributed by atoms with Crippen molar-refractivity contribution in [2.45, 2.75) is 26.1 Å². The molecule has 4 N–H and O–H groups in total. The summed E-state index contributed by atoms with van der Waals surface area (Å²) in [5.74, 6) is -0.148. The van der Waals surface area contributed by atoms with E-state index in [2.05, 4.69) is 0 Å². The van der Waals surface area contributed by atoms with E-state index in [4.69, 9.17) is 15.4 Å². The molecule has 0 bridgehead atoms. The Morgan fingerprint density at radius 1 is 1.30 bits per heavy atom. The zero-order chi connectivity index (χ0) is 8.15. The van der Waals surface area contributed by atoms with E-state index in [0.29, 0.717) is 0 Å². The molecule has 0 aliphatic rings. The summed E-state index contributed by atoms with van der Waals surface area (Å²) in [6.07, 6.45) is -1.53. The van der Waals surface area contributed by atoms with E-state index in [-0.39, 0.29) is 12.5 Å². The van der Waals surface area contributed by atoms with Gasteiger partial charge in [0.25, 0.3) is 0 Å². The van der Waals surface area contributed by atoms with Gasteiger partial charge in [-0.25, -0.2) is 5.48 Å². The zero-order valence-electron chi connectivity index (χ0n) is 6.28. The van der Waals surface area contributed by atoms with Gasteiger partial charge in [-0.3, -0.25) is 0 Å². The van der Waals surface area contributed by atoms with Crippen molar-refractivity contribution in [3.8, 4) is 0 Å². The Hall–Kier alpha value is -0.160. The summed E-state index contributed by atoms with van der Waals surface area (Å²) in [6.45, 7) is 3.53. The second-order valence-electron chi connectivity index (χ2n) is 2.57. The van der Waals surface area contributed by atoms with Crippen LogP contribution in [0.3, 0.4) is 0 Å². The fraction of sp³-hybridized carbons (Fsp3) is 1.00. The van der Waals surface area contributed by atoms with E-state index < -0.39 is 12.2 Å². The van der Waals surface area contributed by atoms with Crippen molar-refractivity contribution in [1.29, 1.82) is 0 Å². The summed E-state index contributed by atoms with van der Waals surface area (Å²) in [5.41, 5.74) is 1.93. The molecule has 4 heteroatoms. The summed E-state index contributed by atoms with van der Waals surface area (Å²) in [7, 11) is 0. The van der Waals surface area contributed by atoms with E-state index in [0.717, 1.165) is 0 Å². The van der Waals surface area contributed by atoms with Gasteiger partial charge in [0.1, 0.15) is 0 Å². The third-order valence-corrected chi connectivity index (χ3v) is 1.49. The third kappa shape index (κ3) is 3.12. The third-order valence-electron chi connectivity index (χ3n) is 1.49. The number of nitrogens with one attached hydrogen (secondary N) is 1. The average Bonchev–Trinajstić information content (AvgIpc) is 1.87. The smallest absolute Gasteiger partial charge is 0.0834 e. The van der Waals surface area contributed by atoms with Gasteiger partial charge in [0.2, 0.25) is 0 Å². The normalized spacial score (nSPS) is 20.1. The van der Waals surface area contributed by atoms with Crippen LogP contribution in [-0.2, 0) is 0 Å². The Kier molecular flexibility index (Phi) is 4.55. The summed E-state index contributed by atoms with van der Waals surface area (Å²) >= 11 is 0. The number of rotatable bonds is 4. The molecule has 0 spiro atoms. The number of aliphatic hydroxyl groups excluding tert-OH is 2. The topological polar surface area (TPSA) is 72.7 Å². The monoisotopic (exact) mass is 149 g/mol. The predicted octanol–water partition coefficient (Wildman–Crippen LogP) is -0.657. The molecular weight excluding hydrogens is 134 g/mol. The van der Waals surface area contributed by atoms with Gasteiger partial charge in [0.15, 0.2) is 0 Å². The molecule has 0 radical (unpaired) electrons. The van der Waals surface area contributed by atoms with Crippen LogP contribution >= 0.6 is 0 Å². The number of hydroxylamine groups is 1. The van der Waals surface area contributed by atoms with E-state index >= 15 is 0 Å². The van der Waals surface area contributed by atoms with Crippen LogP contribution in [0.1, 0.15) is 13.8 Å². The number of hydrogen-bond donors (Lipinski definition) is 4. The molecule has 0 fully saturated rings. The lowest BCUT2D eigenvalue weighted by Crippen LogP contribution is -2.35. The van der Waals surface area contributed by atoms with Crippen LogP contribution in [0.4, 0.5) is 0 Å². The molecule has 4 nitrogen and oxygen atoms in total. The maximum absolute atomic E-state index is 9.12. The second-order valence-corrected chi connectivity index (χ2v) is 2.57. The van der Waals surface area contributed by atoms with Gasteiger partial charge in [-0.15, -0.1) is 0 Å². The Labute approximate surface area is 60.5 Å². The van der Waals surface area contributed by atoms with E-state index in [1.54, 1.807) is 6.92 Å². The van der Waals surface area contributed by atoms with Crippen LogP contribution in [0.5, 0.6) is 0 Å². The molecule has 0 amide bonds. The van der Waals surface area contributed by atoms with Crippen LogP contribution in [0.2, 0.25) is 0 Å². The van der Waals surface area contributed by atoms with Crippen LogP contribution in [-0.4, -0.2) is 34.2 Å². The first-order chi connectivity index (χ1) is 4.59. The Morgan fingerprint density at radius 3 is 2.10 bits per heavy atom. The Balaban J connectivity index is 3.58. The highest BCUT2D eigenvalue weighted by molar-refractivity contribution is 4.69. The van der Waals surface area contributed by atoms with Crippen molar-refractivity contribution in [3.05, 3.63) is 0 Å². The lowest BCUT2D eigenvalue weighted by atomic mass is 10.0. The summed E-state index contributed by atoms with van der Waals surface area (Å²) in [4.78, 5) is 0. The van der Waals surface area contributed by atoms with Crippen LogP contribution in [0.25, 0.3) is 0 Å². The number of aliphatic hydroxyl groups is 2. The molecule has 3 atom stereocenters. The van der Waals surface area contributed by atoms with E-state index in [1.807, 2.05) is 5.48 Å². The zero-order valence-corrected chi connectivity index (χ0v) is 6.28. The first-order valence-corrected chi connectivity index (χ1v) is 3.32. The molecule has 0 rings (SSSR count). The molecule has 0 saturated carbocycles. The molecule has 0 aromatic rings. The minimum absolute atomic E-state index is 0.148. The largest absolute Gasteiger partial charge is 0.391 e. The summed E-state index contributed by atoms with van der Waals surface area (Å²) in [6, 6.07) is 0. The molecule has 0 saturated heterocycles. The van der Waals surface area contributed by atoms with Crippen LogP contribution in [0.15, 0.2) is 0 Å². The van der Waals surface area contributed by atoms with E-state index in [1.165, 1.54) is 6.92 Å². The van der Waals surface area contributed by atoms with Crippen molar-refractivity contribution in [2.24, 2.45) is 5.92 Å². The van der Waals surface area contributed by atoms with Gasteiger partial charge in [0, 0.05) is 6.54 Å². The first-order valence-electron chi connectivity index (χ1n) is 3.32. The summed E-state index contributed by atoms with van der Waals surface area (Å²) < 4.78 is 0. The molecule has 10 heavy (non-hydrogen) atoms. The van der Waals surface area contributed by atoms with E-state index in [9.17, 15) is 0 Å². The van der Waals surface area contributed by atoms with Gasteiger partial charge < -0.3 is 15.4 Å². The highest BCUT2D eigenvalue weighted by atomic mass is 16.5. The predicted molar refractivity (Wildman–Crippen MR) is 36.6 cm³/mol. The molecule has 62 valence electrons. The highest BCUT2D eigenvalue weighted by Crippen LogP contribution is 2.04. The van der Waals surface area contributed by atoms with Gasteiger partial charge in [-0.1, -0.05) is 6.92 Å². The molecule has 0 aromatic carbocycles. The lowest BCUT2D eigenvalue weighted by molar-refractivity contribution is -0.0114. The fourth-order valence-electron chi connectivity index (χ4n) is 0.740. The van der Waals surface area contributed by atoms with Crippen LogP contribution < -0.4 is 5.48 Å². The Morgan fingerprint density at radius 2 is 1.80 bits per heavy atom. The fourth-order valence-corrected chi connectivity index (χ4v) is 0.740. The van der Waals surface area contributed by atoms with Crippen molar-refractivity contribution in [2.75, 3.05) is 6.54 Å². The summed E-state index contributed by atoms with van der Waals surface area (Å²) in [5, 5.41) is 26.2.